The molecule has 2 aliphatic rings. The zero-order chi connectivity index (χ0) is 16.1. The van der Waals surface area contributed by atoms with Gasteiger partial charge >= 0.3 is 0 Å². The van der Waals surface area contributed by atoms with Gasteiger partial charge in [-0.25, -0.2) is 4.98 Å². The molecule has 0 radical (unpaired) electrons. The van der Waals surface area contributed by atoms with Crippen LogP contribution in [0.25, 0.3) is 0 Å². The Morgan fingerprint density at radius 2 is 2.17 bits per heavy atom. The van der Waals surface area contributed by atoms with Crippen molar-refractivity contribution >= 4 is 11.7 Å². The van der Waals surface area contributed by atoms with Gasteiger partial charge in [0.15, 0.2) is 0 Å². The van der Waals surface area contributed by atoms with Gasteiger partial charge in [-0.05, 0) is 31.1 Å². The number of likely N-dealkylation sites (N-methyl/N-ethyl adjacent to an activating group) is 1. The van der Waals surface area contributed by atoms with Crippen molar-refractivity contribution in [1.29, 1.82) is 0 Å². The first-order valence-corrected chi connectivity index (χ1v) is 8.67. The lowest BCUT2D eigenvalue weighted by Gasteiger charge is -2.34. The molecule has 0 aliphatic carbocycles. The zero-order valence-corrected chi connectivity index (χ0v) is 13.9. The Bertz CT molecular complexity index is 504. The topological polar surface area (TPSA) is 60.5 Å². The van der Waals surface area contributed by atoms with Gasteiger partial charge in [0.2, 0.25) is 5.91 Å². The summed E-state index contributed by atoms with van der Waals surface area (Å²) >= 11 is 0. The van der Waals surface area contributed by atoms with Gasteiger partial charge in [-0.2, -0.15) is 0 Å². The van der Waals surface area contributed by atoms with Crippen LogP contribution in [-0.2, 0) is 11.3 Å². The van der Waals surface area contributed by atoms with Gasteiger partial charge in [-0.1, -0.05) is 13.0 Å². The number of hydrogen-bond acceptors (Lipinski definition) is 5. The quantitative estimate of drug-likeness (QED) is 0.826. The van der Waals surface area contributed by atoms with Crippen molar-refractivity contribution in [3.63, 3.8) is 0 Å². The largest absolute Gasteiger partial charge is 0.354 e. The van der Waals surface area contributed by atoms with E-state index in [4.69, 9.17) is 0 Å². The van der Waals surface area contributed by atoms with Gasteiger partial charge in [0.05, 0.1) is 5.92 Å². The molecule has 2 saturated heterocycles. The fourth-order valence-corrected chi connectivity index (χ4v) is 3.21. The summed E-state index contributed by atoms with van der Waals surface area (Å²) in [5.41, 5.74) is 1.06. The molecular weight excluding hydrogens is 290 g/mol. The van der Waals surface area contributed by atoms with Crippen molar-refractivity contribution < 1.29 is 4.79 Å². The maximum atomic E-state index is 12.0. The Morgan fingerprint density at radius 3 is 2.78 bits per heavy atom. The van der Waals surface area contributed by atoms with E-state index in [1.807, 2.05) is 6.20 Å². The summed E-state index contributed by atoms with van der Waals surface area (Å²) in [4.78, 5) is 21.4. The van der Waals surface area contributed by atoms with E-state index in [2.05, 4.69) is 44.5 Å². The molecule has 126 valence electrons. The maximum Gasteiger partial charge on any atom is 0.224 e. The molecule has 1 aromatic rings. The van der Waals surface area contributed by atoms with E-state index in [0.717, 1.165) is 63.6 Å². The summed E-state index contributed by atoms with van der Waals surface area (Å²) in [6, 6.07) is 4.14. The number of carbonyl (C=O) groups excluding carboxylic acids is 1. The molecule has 2 aliphatic heterocycles. The Kier molecular flexibility index (Phi) is 5.46. The summed E-state index contributed by atoms with van der Waals surface area (Å²) < 4.78 is 0. The van der Waals surface area contributed by atoms with Crippen molar-refractivity contribution in [2.24, 2.45) is 5.92 Å². The smallest absolute Gasteiger partial charge is 0.224 e. The fourth-order valence-electron chi connectivity index (χ4n) is 3.21. The van der Waals surface area contributed by atoms with E-state index in [1.54, 1.807) is 0 Å². The van der Waals surface area contributed by atoms with Crippen molar-refractivity contribution in [3.05, 3.63) is 23.9 Å². The van der Waals surface area contributed by atoms with Crippen molar-refractivity contribution in [3.8, 4) is 0 Å². The molecule has 23 heavy (non-hydrogen) atoms. The Morgan fingerprint density at radius 1 is 1.35 bits per heavy atom. The van der Waals surface area contributed by atoms with Crippen LogP contribution in [0.4, 0.5) is 5.82 Å². The average molecular weight is 317 g/mol. The summed E-state index contributed by atoms with van der Waals surface area (Å²) in [5, 5.41) is 6.23. The second kappa shape index (κ2) is 7.75. The highest BCUT2D eigenvalue weighted by atomic mass is 16.1. The molecule has 1 aromatic heterocycles. The van der Waals surface area contributed by atoms with E-state index >= 15 is 0 Å². The van der Waals surface area contributed by atoms with E-state index in [-0.39, 0.29) is 11.8 Å². The van der Waals surface area contributed by atoms with Crippen molar-refractivity contribution in [1.82, 2.24) is 20.5 Å². The summed E-state index contributed by atoms with van der Waals surface area (Å²) in [7, 11) is 0. The van der Waals surface area contributed by atoms with E-state index in [9.17, 15) is 4.79 Å². The van der Waals surface area contributed by atoms with Crippen LogP contribution in [0.5, 0.6) is 0 Å². The van der Waals surface area contributed by atoms with Crippen molar-refractivity contribution in [2.75, 3.05) is 50.7 Å². The number of anilines is 1. The minimum Gasteiger partial charge on any atom is -0.354 e. The number of amides is 1. The van der Waals surface area contributed by atoms with Gasteiger partial charge in [0.1, 0.15) is 5.82 Å². The lowest BCUT2D eigenvalue weighted by atomic mass is 10.1. The van der Waals surface area contributed by atoms with Crippen LogP contribution in [0.15, 0.2) is 18.3 Å². The second-order valence-corrected chi connectivity index (χ2v) is 6.35. The average Bonchev–Trinajstić information content (AvgIpc) is 3.15. The third-order valence-electron chi connectivity index (χ3n) is 4.85. The summed E-state index contributed by atoms with van der Waals surface area (Å²) in [6.45, 7) is 9.90. The van der Waals surface area contributed by atoms with Gasteiger partial charge < -0.3 is 20.4 Å². The van der Waals surface area contributed by atoms with Gasteiger partial charge in [0, 0.05) is 45.5 Å². The molecule has 2 fully saturated rings. The molecule has 0 saturated carbocycles. The number of hydrogen-bond donors (Lipinski definition) is 2. The zero-order valence-electron chi connectivity index (χ0n) is 13.9. The van der Waals surface area contributed by atoms with E-state index in [1.165, 1.54) is 0 Å². The van der Waals surface area contributed by atoms with Gasteiger partial charge in [-0.15, -0.1) is 0 Å². The number of rotatable bonds is 5. The minimum absolute atomic E-state index is 0.122. The van der Waals surface area contributed by atoms with Crippen LogP contribution in [-0.4, -0.2) is 61.6 Å². The first kappa shape index (κ1) is 16.2. The lowest BCUT2D eigenvalue weighted by molar-refractivity contribution is -0.124. The van der Waals surface area contributed by atoms with Crippen LogP contribution < -0.4 is 15.5 Å². The van der Waals surface area contributed by atoms with Crippen LogP contribution >= 0.6 is 0 Å². The standard InChI is InChI=1S/C17H27N5O/c1-2-21-7-9-22(10-8-21)16-4-3-14(11-19-16)12-20-17(23)15-5-6-18-13-15/h3-4,11,15,18H,2,5-10,12-13H2,1H3,(H,20,23). The van der Waals surface area contributed by atoms with Gasteiger partial charge in [-0.3, -0.25) is 4.79 Å². The third kappa shape index (κ3) is 4.20. The van der Waals surface area contributed by atoms with Crippen LogP contribution in [0, 0.1) is 5.92 Å². The monoisotopic (exact) mass is 317 g/mol. The molecular formula is C17H27N5O. The normalized spacial score (nSPS) is 22.3. The number of piperazine rings is 1. The molecule has 2 N–H and O–H groups in total. The molecule has 1 unspecified atom stereocenters. The molecule has 0 bridgehead atoms. The van der Waals surface area contributed by atoms with Crippen LogP contribution in [0.2, 0.25) is 0 Å². The number of nitrogens with zero attached hydrogens (tertiary/aromatic N) is 3. The second-order valence-electron chi connectivity index (χ2n) is 6.35. The third-order valence-corrected chi connectivity index (χ3v) is 4.85. The molecule has 0 spiro atoms. The molecule has 0 aromatic carbocycles. The number of aromatic nitrogens is 1. The number of carbonyl (C=O) groups is 1. The summed E-state index contributed by atoms with van der Waals surface area (Å²) in [5.74, 6) is 1.31. The lowest BCUT2D eigenvalue weighted by Crippen LogP contribution is -2.46. The number of nitrogens with one attached hydrogen (secondary N) is 2. The van der Waals surface area contributed by atoms with Crippen molar-refractivity contribution in [2.45, 2.75) is 19.9 Å². The van der Waals surface area contributed by atoms with Crippen LogP contribution in [0.1, 0.15) is 18.9 Å². The first-order valence-electron chi connectivity index (χ1n) is 8.67. The fraction of sp³-hybridized carbons (Fsp3) is 0.647. The molecule has 1 amide bonds. The predicted molar refractivity (Wildman–Crippen MR) is 91.4 cm³/mol. The van der Waals surface area contributed by atoms with Gasteiger partial charge in [0.25, 0.3) is 0 Å². The van der Waals surface area contributed by atoms with E-state index < -0.39 is 0 Å². The Balaban J connectivity index is 1.48. The van der Waals surface area contributed by atoms with E-state index in [0.29, 0.717) is 6.54 Å². The SMILES string of the molecule is CCN1CCN(c2ccc(CNC(=O)C3CCNC3)cn2)CC1. The molecule has 3 rings (SSSR count). The predicted octanol–water partition coefficient (Wildman–Crippen LogP) is 0.449. The molecule has 6 nitrogen and oxygen atoms in total. The highest BCUT2D eigenvalue weighted by Crippen LogP contribution is 2.14. The minimum atomic E-state index is 0.122. The number of pyridine rings is 1. The Hall–Kier alpha value is -1.66. The molecule has 3 heterocycles. The van der Waals surface area contributed by atoms with Crippen LogP contribution in [0.3, 0.4) is 0 Å². The molecule has 1 atom stereocenters. The first-order chi connectivity index (χ1) is 11.3. The highest BCUT2D eigenvalue weighted by molar-refractivity contribution is 5.79. The summed E-state index contributed by atoms with van der Waals surface area (Å²) in [6.07, 6.45) is 2.82. The Labute approximate surface area is 138 Å². The highest BCUT2D eigenvalue weighted by Gasteiger charge is 2.22. The maximum absolute atomic E-state index is 12.0. The molecule has 6 heteroatoms.